The van der Waals surface area contributed by atoms with Crippen LogP contribution in [0.1, 0.15) is 58.4 Å². The highest BCUT2D eigenvalue weighted by Gasteiger charge is 2.57. The van der Waals surface area contributed by atoms with Gasteiger partial charge in [-0.2, -0.15) is 0 Å². The van der Waals surface area contributed by atoms with Gasteiger partial charge in [0.1, 0.15) is 11.4 Å². The molecule has 1 aromatic carbocycles. The summed E-state index contributed by atoms with van der Waals surface area (Å²) in [6.45, 7) is 15.3. The summed E-state index contributed by atoms with van der Waals surface area (Å²) >= 11 is 6.60. The highest BCUT2D eigenvalue weighted by molar-refractivity contribution is 6.32. The molecule has 0 aromatic heterocycles. The first kappa shape index (κ1) is 19.5. The molecule has 3 nitrogen and oxygen atoms in total. The fraction of sp³-hybridized carbons (Fsp3) is 0.739. The molecule has 3 aliphatic rings. The van der Waals surface area contributed by atoms with Crippen molar-refractivity contribution in [3.63, 3.8) is 0 Å². The first-order chi connectivity index (χ1) is 12.6. The van der Waals surface area contributed by atoms with Gasteiger partial charge in [0.25, 0.3) is 0 Å². The quantitative estimate of drug-likeness (QED) is 0.703. The molecule has 4 heteroatoms. The van der Waals surface area contributed by atoms with Gasteiger partial charge in [-0.05, 0) is 43.2 Å². The molecule has 1 saturated carbocycles. The summed E-state index contributed by atoms with van der Waals surface area (Å²) in [4.78, 5) is 5.06. The van der Waals surface area contributed by atoms with Gasteiger partial charge in [-0.15, -0.1) is 0 Å². The average molecular weight is 391 g/mol. The number of benzene rings is 1. The van der Waals surface area contributed by atoms with Crippen molar-refractivity contribution in [2.24, 2.45) is 10.8 Å². The lowest BCUT2D eigenvalue weighted by Gasteiger charge is -2.52. The second-order valence-corrected chi connectivity index (χ2v) is 11.2. The van der Waals surface area contributed by atoms with Crippen LogP contribution < -0.4 is 4.74 Å². The molecule has 1 aliphatic carbocycles. The monoisotopic (exact) mass is 390 g/mol. The Hall–Kier alpha value is -0.770. The van der Waals surface area contributed by atoms with Crippen LogP contribution in [0.25, 0.3) is 0 Å². The van der Waals surface area contributed by atoms with Crippen LogP contribution in [-0.4, -0.2) is 55.2 Å². The normalized spacial score (nSPS) is 29.5. The van der Waals surface area contributed by atoms with Gasteiger partial charge in [0.2, 0.25) is 0 Å². The molecule has 4 rings (SSSR count). The molecular weight excluding hydrogens is 356 g/mol. The van der Waals surface area contributed by atoms with Crippen LogP contribution in [0.4, 0.5) is 0 Å². The number of ether oxygens (including phenoxy) is 1. The van der Waals surface area contributed by atoms with E-state index >= 15 is 0 Å². The third-order valence-electron chi connectivity index (χ3n) is 6.86. The van der Waals surface area contributed by atoms with Crippen LogP contribution in [0.15, 0.2) is 18.2 Å². The average Bonchev–Trinajstić information content (AvgIpc) is 2.80. The van der Waals surface area contributed by atoms with Crippen LogP contribution in [0.3, 0.4) is 0 Å². The lowest BCUT2D eigenvalue weighted by Crippen LogP contribution is -2.54. The number of halogens is 1. The zero-order valence-electron chi connectivity index (χ0n) is 17.6. The van der Waals surface area contributed by atoms with Crippen LogP contribution in [0.5, 0.6) is 5.75 Å². The van der Waals surface area contributed by atoms with Crippen LogP contribution >= 0.6 is 11.6 Å². The Balaban J connectivity index is 1.70. The smallest absolute Gasteiger partial charge is 0.142 e. The largest absolute Gasteiger partial charge is 0.485 e. The number of piperazine rings is 1. The number of hydrogen-bond donors (Lipinski definition) is 0. The summed E-state index contributed by atoms with van der Waals surface area (Å²) in [5.74, 6) is 1.35. The minimum atomic E-state index is -0.137. The van der Waals surface area contributed by atoms with Crippen LogP contribution in [-0.2, 0) is 0 Å². The third kappa shape index (κ3) is 3.75. The molecule has 150 valence electrons. The van der Waals surface area contributed by atoms with E-state index in [9.17, 15) is 0 Å². The van der Waals surface area contributed by atoms with Gasteiger partial charge in [-0.1, -0.05) is 51.4 Å². The second-order valence-electron chi connectivity index (χ2n) is 10.8. The van der Waals surface area contributed by atoms with Gasteiger partial charge >= 0.3 is 0 Å². The molecule has 2 aliphatic heterocycles. The SMILES string of the molecule is CN1CCN(CC2c3cccc(Cl)c3OC23CC(C)(C)CC(C)(C)C3)CC1. The third-order valence-corrected chi connectivity index (χ3v) is 7.16. The summed E-state index contributed by atoms with van der Waals surface area (Å²) in [7, 11) is 2.22. The lowest BCUT2D eigenvalue weighted by atomic mass is 9.56. The summed E-state index contributed by atoms with van der Waals surface area (Å²) in [6, 6.07) is 6.33. The van der Waals surface area contributed by atoms with Crippen molar-refractivity contribution >= 4 is 11.6 Å². The molecule has 1 saturated heterocycles. The molecular formula is C23H35ClN2O. The minimum absolute atomic E-state index is 0.137. The highest BCUT2D eigenvalue weighted by Crippen LogP contribution is 2.61. The molecule has 0 radical (unpaired) electrons. The fourth-order valence-corrected chi connectivity index (χ4v) is 6.66. The van der Waals surface area contributed by atoms with E-state index in [-0.39, 0.29) is 16.4 Å². The first-order valence-corrected chi connectivity index (χ1v) is 10.9. The van der Waals surface area contributed by atoms with Crippen molar-refractivity contribution in [3.05, 3.63) is 28.8 Å². The van der Waals surface area contributed by atoms with Crippen molar-refractivity contribution in [3.8, 4) is 5.75 Å². The van der Waals surface area contributed by atoms with Gasteiger partial charge in [0, 0.05) is 44.2 Å². The van der Waals surface area contributed by atoms with E-state index < -0.39 is 0 Å². The fourth-order valence-electron chi connectivity index (χ4n) is 6.44. The number of likely N-dealkylation sites (N-methyl/N-ethyl adjacent to an activating group) is 1. The molecule has 1 spiro atoms. The van der Waals surface area contributed by atoms with Crippen molar-refractivity contribution in [1.82, 2.24) is 9.80 Å². The van der Waals surface area contributed by atoms with Gasteiger partial charge in [-0.3, -0.25) is 0 Å². The van der Waals surface area contributed by atoms with Crippen LogP contribution in [0, 0.1) is 10.8 Å². The number of hydrogen-bond acceptors (Lipinski definition) is 3. The minimum Gasteiger partial charge on any atom is -0.485 e. The summed E-state index contributed by atoms with van der Waals surface area (Å²) in [5.41, 5.74) is 1.74. The zero-order valence-corrected chi connectivity index (χ0v) is 18.4. The Morgan fingerprint density at radius 3 is 2.26 bits per heavy atom. The standard InChI is InChI=1S/C23H35ClN2O/c1-21(2)14-22(3,4)16-23(15-21)18(13-26-11-9-25(5)10-12-26)17-7-6-8-19(24)20(17)27-23/h6-8,18H,9-16H2,1-5H3. The topological polar surface area (TPSA) is 15.7 Å². The summed E-state index contributed by atoms with van der Waals surface area (Å²) in [6.07, 6.45) is 3.45. The summed E-state index contributed by atoms with van der Waals surface area (Å²) < 4.78 is 6.84. The van der Waals surface area contributed by atoms with Crippen molar-refractivity contribution in [1.29, 1.82) is 0 Å². The zero-order chi connectivity index (χ0) is 19.4. The van der Waals surface area contributed by atoms with E-state index in [1.165, 1.54) is 12.0 Å². The molecule has 2 fully saturated rings. The molecule has 1 atom stereocenters. The van der Waals surface area contributed by atoms with E-state index in [1.807, 2.05) is 6.07 Å². The highest BCUT2D eigenvalue weighted by atomic mass is 35.5. The number of rotatable bonds is 2. The number of fused-ring (bicyclic) bond motifs is 1. The van der Waals surface area contributed by atoms with E-state index in [0.717, 1.165) is 56.3 Å². The van der Waals surface area contributed by atoms with Gasteiger partial charge in [0.05, 0.1) is 5.02 Å². The molecule has 1 aromatic rings. The molecule has 0 bridgehead atoms. The maximum atomic E-state index is 6.84. The Bertz CT molecular complexity index is 690. The number of nitrogens with zero attached hydrogens (tertiary/aromatic N) is 2. The number of para-hydroxylation sites is 1. The molecule has 1 unspecified atom stereocenters. The Labute approximate surface area is 170 Å². The molecule has 0 N–H and O–H groups in total. The van der Waals surface area contributed by atoms with Crippen molar-refractivity contribution < 1.29 is 4.74 Å². The lowest BCUT2D eigenvalue weighted by molar-refractivity contribution is -0.0749. The maximum Gasteiger partial charge on any atom is 0.142 e. The first-order valence-electron chi connectivity index (χ1n) is 10.5. The predicted molar refractivity (Wildman–Crippen MR) is 113 cm³/mol. The van der Waals surface area contributed by atoms with Crippen LogP contribution in [0.2, 0.25) is 5.02 Å². The van der Waals surface area contributed by atoms with E-state index in [1.54, 1.807) is 0 Å². The Morgan fingerprint density at radius 1 is 1.00 bits per heavy atom. The van der Waals surface area contributed by atoms with E-state index in [4.69, 9.17) is 16.3 Å². The molecule has 2 heterocycles. The van der Waals surface area contributed by atoms with Gasteiger partial charge < -0.3 is 14.5 Å². The van der Waals surface area contributed by atoms with E-state index in [0.29, 0.717) is 5.92 Å². The molecule has 27 heavy (non-hydrogen) atoms. The van der Waals surface area contributed by atoms with Gasteiger partial charge in [0.15, 0.2) is 0 Å². The van der Waals surface area contributed by atoms with E-state index in [2.05, 4.69) is 56.7 Å². The Morgan fingerprint density at radius 2 is 1.63 bits per heavy atom. The Kier molecular flexibility index (Phi) is 4.81. The van der Waals surface area contributed by atoms with Crippen molar-refractivity contribution in [2.45, 2.75) is 58.5 Å². The summed E-state index contributed by atoms with van der Waals surface area (Å²) in [5, 5.41) is 0.772. The maximum absolute atomic E-state index is 6.84. The second kappa shape index (κ2) is 6.64. The van der Waals surface area contributed by atoms with Gasteiger partial charge in [-0.25, -0.2) is 0 Å². The molecule has 0 amide bonds. The predicted octanol–water partition coefficient (Wildman–Crippen LogP) is 5.04. The van der Waals surface area contributed by atoms with Crippen molar-refractivity contribution in [2.75, 3.05) is 39.8 Å².